The Morgan fingerprint density at radius 1 is 1.50 bits per heavy atom. The van der Waals surface area contributed by atoms with Gasteiger partial charge in [-0.05, 0) is 20.2 Å². The minimum Gasteiger partial charge on any atom is -0.397 e. The topological polar surface area (TPSA) is 72.5 Å². The maximum atomic E-state index is 11.8. The van der Waals surface area contributed by atoms with E-state index in [0.29, 0.717) is 31.1 Å². The van der Waals surface area contributed by atoms with Gasteiger partial charge in [0.15, 0.2) is 0 Å². The highest BCUT2D eigenvalue weighted by Gasteiger charge is 2.09. The molecule has 0 saturated heterocycles. The third kappa shape index (κ3) is 4.77. The molecule has 1 aromatic heterocycles. The van der Waals surface area contributed by atoms with Crippen LogP contribution in [-0.4, -0.2) is 55.8 Å². The van der Waals surface area contributed by atoms with E-state index < -0.39 is 0 Å². The van der Waals surface area contributed by atoms with E-state index >= 15 is 0 Å². The van der Waals surface area contributed by atoms with E-state index in [4.69, 9.17) is 10.5 Å². The van der Waals surface area contributed by atoms with E-state index in [-0.39, 0.29) is 5.91 Å². The van der Waals surface area contributed by atoms with Gasteiger partial charge in [0.2, 0.25) is 0 Å². The molecule has 0 aliphatic rings. The molecule has 6 heteroatoms. The van der Waals surface area contributed by atoms with Gasteiger partial charge < -0.3 is 25.3 Å². The minimum atomic E-state index is -0.134. The fourth-order valence-corrected chi connectivity index (χ4v) is 1.49. The number of aryl methyl sites for hydroxylation is 1. The Balaban J connectivity index is 2.20. The second kappa shape index (κ2) is 7.03. The summed E-state index contributed by atoms with van der Waals surface area (Å²) in [5, 5.41) is 2.79. The molecule has 0 radical (unpaired) electrons. The summed E-state index contributed by atoms with van der Waals surface area (Å²) in [5.41, 5.74) is 6.75. The Morgan fingerprint density at radius 3 is 2.78 bits per heavy atom. The molecule has 18 heavy (non-hydrogen) atoms. The quantitative estimate of drug-likeness (QED) is 0.667. The van der Waals surface area contributed by atoms with Gasteiger partial charge in [0.25, 0.3) is 5.91 Å². The van der Waals surface area contributed by atoms with Gasteiger partial charge in [-0.1, -0.05) is 0 Å². The number of amides is 1. The molecular weight excluding hydrogens is 232 g/mol. The van der Waals surface area contributed by atoms with Crippen molar-refractivity contribution in [3.05, 3.63) is 18.0 Å². The van der Waals surface area contributed by atoms with E-state index in [1.165, 1.54) is 0 Å². The van der Waals surface area contributed by atoms with Crippen molar-refractivity contribution in [3.8, 4) is 0 Å². The number of hydrogen-bond acceptors (Lipinski definition) is 4. The lowest BCUT2D eigenvalue weighted by Gasteiger charge is -2.10. The monoisotopic (exact) mass is 254 g/mol. The number of hydrogen-bond donors (Lipinski definition) is 2. The third-order valence-corrected chi connectivity index (χ3v) is 2.47. The zero-order chi connectivity index (χ0) is 13.5. The standard InChI is InChI=1S/C12H22N4O2/c1-15(2)5-7-18-6-4-14-12(17)11-8-10(13)9-16(11)3/h8-9H,4-7,13H2,1-3H3,(H,14,17). The van der Waals surface area contributed by atoms with Crippen molar-refractivity contribution in [1.82, 2.24) is 14.8 Å². The predicted molar refractivity (Wildman–Crippen MR) is 71.5 cm³/mol. The van der Waals surface area contributed by atoms with Gasteiger partial charge in [0, 0.05) is 26.3 Å². The summed E-state index contributed by atoms with van der Waals surface area (Å²) in [5.74, 6) is -0.134. The number of nitrogens with one attached hydrogen (secondary N) is 1. The van der Waals surface area contributed by atoms with Gasteiger partial charge in [-0.3, -0.25) is 4.79 Å². The summed E-state index contributed by atoms with van der Waals surface area (Å²) in [6.07, 6.45) is 1.71. The van der Waals surface area contributed by atoms with Crippen molar-refractivity contribution < 1.29 is 9.53 Å². The number of aromatic nitrogens is 1. The largest absolute Gasteiger partial charge is 0.397 e. The number of likely N-dealkylation sites (N-methyl/N-ethyl adjacent to an activating group) is 1. The van der Waals surface area contributed by atoms with Crippen LogP contribution in [0.2, 0.25) is 0 Å². The highest BCUT2D eigenvalue weighted by atomic mass is 16.5. The molecule has 0 aliphatic heterocycles. The van der Waals surface area contributed by atoms with Crippen LogP contribution in [0.3, 0.4) is 0 Å². The fraction of sp³-hybridized carbons (Fsp3) is 0.583. The second-order valence-electron chi connectivity index (χ2n) is 4.44. The first-order valence-electron chi connectivity index (χ1n) is 5.93. The first kappa shape index (κ1) is 14.5. The maximum Gasteiger partial charge on any atom is 0.268 e. The van der Waals surface area contributed by atoms with E-state index in [0.717, 1.165) is 6.54 Å². The van der Waals surface area contributed by atoms with Crippen molar-refractivity contribution in [2.24, 2.45) is 7.05 Å². The highest BCUT2D eigenvalue weighted by molar-refractivity contribution is 5.93. The van der Waals surface area contributed by atoms with Crippen molar-refractivity contribution >= 4 is 11.6 Å². The Labute approximate surface area is 108 Å². The molecule has 6 nitrogen and oxygen atoms in total. The summed E-state index contributed by atoms with van der Waals surface area (Å²) < 4.78 is 7.08. The first-order chi connectivity index (χ1) is 8.50. The lowest BCUT2D eigenvalue weighted by molar-refractivity contribution is 0.0893. The maximum absolute atomic E-state index is 11.8. The summed E-state index contributed by atoms with van der Waals surface area (Å²) in [6.45, 7) is 2.55. The van der Waals surface area contributed by atoms with Crippen LogP contribution < -0.4 is 11.1 Å². The second-order valence-corrected chi connectivity index (χ2v) is 4.44. The summed E-state index contributed by atoms with van der Waals surface area (Å²) in [6, 6.07) is 1.65. The number of rotatable bonds is 7. The van der Waals surface area contributed by atoms with E-state index in [2.05, 4.69) is 5.32 Å². The molecule has 0 fully saturated rings. The number of carbonyl (C=O) groups excluding carboxylic acids is 1. The lowest BCUT2D eigenvalue weighted by Crippen LogP contribution is -2.29. The number of anilines is 1. The van der Waals surface area contributed by atoms with E-state index in [9.17, 15) is 4.79 Å². The predicted octanol–water partition coefficient (Wildman–Crippen LogP) is -0.0847. The average molecular weight is 254 g/mol. The van der Waals surface area contributed by atoms with Crippen LogP contribution in [0, 0.1) is 0 Å². The van der Waals surface area contributed by atoms with Gasteiger partial charge >= 0.3 is 0 Å². The molecule has 0 aromatic carbocycles. The fourth-order valence-electron chi connectivity index (χ4n) is 1.49. The molecule has 0 spiro atoms. The molecule has 1 aromatic rings. The van der Waals surface area contributed by atoms with Crippen LogP contribution in [0.15, 0.2) is 12.3 Å². The smallest absolute Gasteiger partial charge is 0.268 e. The van der Waals surface area contributed by atoms with E-state index in [1.54, 1.807) is 23.9 Å². The summed E-state index contributed by atoms with van der Waals surface area (Å²) in [4.78, 5) is 13.8. The zero-order valence-corrected chi connectivity index (χ0v) is 11.3. The van der Waals surface area contributed by atoms with Crippen LogP contribution in [0.5, 0.6) is 0 Å². The molecule has 1 heterocycles. The molecule has 0 saturated carbocycles. The minimum absolute atomic E-state index is 0.134. The lowest BCUT2D eigenvalue weighted by atomic mass is 10.4. The summed E-state index contributed by atoms with van der Waals surface area (Å²) in [7, 11) is 5.77. The molecule has 1 amide bonds. The van der Waals surface area contributed by atoms with Crippen molar-refractivity contribution in [1.29, 1.82) is 0 Å². The Kier molecular flexibility index (Phi) is 5.67. The van der Waals surface area contributed by atoms with Crippen LogP contribution in [0.4, 0.5) is 5.69 Å². The van der Waals surface area contributed by atoms with Gasteiger partial charge in [-0.2, -0.15) is 0 Å². The van der Waals surface area contributed by atoms with Crippen LogP contribution in [-0.2, 0) is 11.8 Å². The van der Waals surface area contributed by atoms with Crippen LogP contribution >= 0.6 is 0 Å². The number of ether oxygens (including phenoxy) is 1. The van der Waals surface area contributed by atoms with Crippen molar-refractivity contribution in [2.75, 3.05) is 46.1 Å². The Bertz CT molecular complexity index is 387. The van der Waals surface area contributed by atoms with Crippen molar-refractivity contribution in [3.63, 3.8) is 0 Å². The number of nitrogen functional groups attached to an aromatic ring is 1. The average Bonchev–Trinajstić information content (AvgIpc) is 2.62. The molecular formula is C12H22N4O2. The molecule has 0 unspecified atom stereocenters. The number of nitrogens with two attached hydrogens (primary N) is 1. The van der Waals surface area contributed by atoms with Gasteiger partial charge in [0.1, 0.15) is 5.69 Å². The van der Waals surface area contributed by atoms with Gasteiger partial charge in [0.05, 0.1) is 18.9 Å². The van der Waals surface area contributed by atoms with Gasteiger partial charge in [-0.25, -0.2) is 0 Å². The first-order valence-corrected chi connectivity index (χ1v) is 5.93. The highest BCUT2D eigenvalue weighted by Crippen LogP contribution is 2.07. The molecule has 0 bridgehead atoms. The zero-order valence-electron chi connectivity index (χ0n) is 11.3. The summed E-state index contributed by atoms with van der Waals surface area (Å²) >= 11 is 0. The van der Waals surface area contributed by atoms with Crippen molar-refractivity contribution in [2.45, 2.75) is 0 Å². The van der Waals surface area contributed by atoms with E-state index in [1.807, 2.05) is 19.0 Å². The van der Waals surface area contributed by atoms with Crippen LogP contribution in [0.25, 0.3) is 0 Å². The Hall–Kier alpha value is -1.53. The molecule has 102 valence electrons. The molecule has 3 N–H and O–H groups in total. The SMILES string of the molecule is CN(C)CCOCCNC(=O)c1cc(N)cn1C. The molecule has 1 rings (SSSR count). The van der Waals surface area contributed by atoms with Crippen LogP contribution in [0.1, 0.15) is 10.5 Å². The molecule has 0 aliphatic carbocycles. The normalized spacial score (nSPS) is 10.9. The third-order valence-electron chi connectivity index (χ3n) is 2.47. The number of carbonyl (C=O) groups is 1. The number of nitrogens with zero attached hydrogens (tertiary/aromatic N) is 2. The molecule has 0 atom stereocenters. The van der Waals surface area contributed by atoms with Gasteiger partial charge in [-0.15, -0.1) is 0 Å². The Morgan fingerprint density at radius 2 is 2.22 bits per heavy atom.